The topological polar surface area (TPSA) is 108 Å². The van der Waals surface area contributed by atoms with E-state index in [1.807, 2.05) is 35.2 Å². The van der Waals surface area contributed by atoms with Crippen LogP contribution in [0.1, 0.15) is 49.0 Å². The highest BCUT2D eigenvalue weighted by atomic mass is 16.2. The van der Waals surface area contributed by atoms with Crippen LogP contribution >= 0.6 is 0 Å². The molecule has 3 amide bonds. The number of amidine groups is 1. The van der Waals surface area contributed by atoms with Gasteiger partial charge < -0.3 is 16.0 Å². The van der Waals surface area contributed by atoms with Crippen molar-refractivity contribution in [2.24, 2.45) is 10.7 Å². The molecule has 0 unspecified atom stereocenters. The highest BCUT2D eigenvalue weighted by Gasteiger charge is 2.21. The van der Waals surface area contributed by atoms with Crippen molar-refractivity contribution in [3.8, 4) is 11.1 Å². The fourth-order valence-corrected chi connectivity index (χ4v) is 4.16. The zero-order valence-corrected chi connectivity index (χ0v) is 20.8. The first-order valence-electron chi connectivity index (χ1n) is 11.8. The first-order chi connectivity index (χ1) is 16.8. The smallest absolute Gasteiger partial charge is 0.321 e. The number of urea groups is 1. The number of benzene rings is 2. The minimum absolute atomic E-state index is 0.00453. The molecule has 0 fully saturated rings. The van der Waals surface area contributed by atoms with E-state index in [0.29, 0.717) is 47.9 Å². The minimum Gasteiger partial charge on any atom is -0.387 e. The monoisotopic (exact) mass is 475 g/mol. The molecule has 8 nitrogen and oxygen atoms in total. The Morgan fingerprint density at radius 1 is 1.09 bits per heavy atom. The molecular weight excluding hydrogens is 442 g/mol. The Morgan fingerprint density at radius 3 is 2.37 bits per heavy atom. The molecule has 0 aliphatic carbocycles. The lowest BCUT2D eigenvalue weighted by atomic mass is 9.99. The van der Waals surface area contributed by atoms with Crippen LogP contribution in [0.4, 0.5) is 16.2 Å². The fraction of sp³-hybridized carbons (Fsp3) is 0.333. The molecule has 0 aromatic heterocycles. The number of fused-ring (bicyclic) bond motifs is 1. The lowest BCUT2D eigenvalue weighted by Crippen LogP contribution is -2.35. The zero-order valence-electron chi connectivity index (χ0n) is 20.8. The van der Waals surface area contributed by atoms with Gasteiger partial charge in [0.15, 0.2) is 6.29 Å². The maximum Gasteiger partial charge on any atom is 0.321 e. The lowest BCUT2D eigenvalue weighted by molar-refractivity contribution is -0.127. The molecule has 2 aromatic rings. The van der Waals surface area contributed by atoms with Crippen molar-refractivity contribution in [1.82, 2.24) is 10.2 Å². The van der Waals surface area contributed by atoms with Crippen molar-refractivity contribution in [2.45, 2.75) is 33.1 Å². The third kappa shape index (κ3) is 5.77. The fourth-order valence-electron chi connectivity index (χ4n) is 4.16. The molecule has 0 atom stereocenters. The van der Waals surface area contributed by atoms with E-state index in [1.54, 1.807) is 19.2 Å². The van der Waals surface area contributed by atoms with Gasteiger partial charge in [0.05, 0.1) is 11.4 Å². The maximum absolute atomic E-state index is 13.2. The molecule has 35 heavy (non-hydrogen) atoms. The van der Waals surface area contributed by atoms with Crippen LogP contribution in [0.25, 0.3) is 17.2 Å². The standard InChI is InChI=1S/C27H33N5O3/c1-5-11-32(12-6-2)26(34)22-13-20-9-7-18(14-23(20)30-25(28)16-22)19-8-10-21(17-33)24(15-19)31(4)27(35)29-3/h7-10,13-15,17H,5-6,11-12,16H2,1-4H3,(H2,28,30)(H,29,35). The Kier molecular flexibility index (Phi) is 8.41. The molecule has 0 saturated heterocycles. The Hall–Kier alpha value is -3.94. The molecule has 2 aromatic carbocycles. The second-order valence-corrected chi connectivity index (χ2v) is 8.52. The molecule has 3 N–H and O–H groups in total. The van der Waals surface area contributed by atoms with Crippen LogP contribution in [0.5, 0.6) is 0 Å². The second kappa shape index (κ2) is 11.5. The summed E-state index contributed by atoms with van der Waals surface area (Å²) in [6.45, 7) is 5.53. The summed E-state index contributed by atoms with van der Waals surface area (Å²) in [5.74, 6) is 0.375. The average molecular weight is 476 g/mol. The van der Waals surface area contributed by atoms with Crippen LogP contribution in [0.3, 0.4) is 0 Å². The van der Waals surface area contributed by atoms with Crippen LogP contribution in [0, 0.1) is 0 Å². The van der Waals surface area contributed by atoms with E-state index in [4.69, 9.17) is 5.73 Å². The molecule has 1 aliphatic rings. The number of amides is 3. The first kappa shape index (κ1) is 25.7. The predicted octanol–water partition coefficient (Wildman–Crippen LogP) is 4.37. The van der Waals surface area contributed by atoms with Crippen molar-refractivity contribution in [3.05, 3.63) is 53.1 Å². The number of nitrogens with two attached hydrogens (primary N) is 1. The van der Waals surface area contributed by atoms with Gasteiger partial charge in [-0.1, -0.05) is 32.0 Å². The maximum atomic E-state index is 13.2. The van der Waals surface area contributed by atoms with Crippen LogP contribution in [0.2, 0.25) is 0 Å². The molecule has 1 heterocycles. The quantitative estimate of drug-likeness (QED) is 0.553. The van der Waals surface area contributed by atoms with Gasteiger partial charge in [0.2, 0.25) is 5.91 Å². The van der Waals surface area contributed by atoms with Gasteiger partial charge in [-0.05, 0) is 48.2 Å². The number of nitrogens with one attached hydrogen (secondary N) is 1. The summed E-state index contributed by atoms with van der Waals surface area (Å²) >= 11 is 0. The number of carbonyl (C=O) groups excluding carboxylic acids is 3. The van der Waals surface area contributed by atoms with Crippen molar-refractivity contribution in [1.29, 1.82) is 0 Å². The summed E-state index contributed by atoms with van der Waals surface area (Å²) in [4.78, 5) is 44.7. The van der Waals surface area contributed by atoms with E-state index in [0.717, 1.165) is 35.8 Å². The highest BCUT2D eigenvalue weighted by molar-refractivity contribution is 6.05. The van der Waals surface area contributed by atoms with E-state index < -0.39 is 0 Å². The molecule has 3 rings (SSSR count). The van der Waals surface area contributed by atoms with Gasteiger partial charge in [0.25, 0.3) is 0 Å². The van der Waals surface area contributed by atoms with E-state index in [9.17, 15) is 14.4 Å². The number of rotatable bonds is 8. The largest absolute Gasteiger partial charge is 0.387 e. The molecule has 0 bridgehead atoms. The third-order valence-electron chi connectivity index (χ3n) is 5.92. The number of anilines is 1. The van der Waals surface area contributed by atoms with Gasteiger partial charge >= 0.3 is 6.03 Å². The van der Waals surface area contributed by atoms with E-state index in [1.165, 1.54) is 11.9 Å². The molecule has 0 spiro atoms. The van der Waals surface area contributed by atoms with Gasteiger partial charge in [-0.3, -0.25) is 14.5 Å². The SMILES string of the molecule is CCCN(CCC)C(=O)C1=Cc2ccc(-c3ccc(C=O)c(N(C)C(=O)NC)c3)cc2N=C(N)C1. The number of aliphatic imine (C=N–C) groups is 1. The number of hydrogen-bond donors (Lipinski definition) is 2. The summed E-state index contributed by atoms with van der Waals surface area (Å²) in [7, 11) is 3.14. The van der Waals surface area contributed by atoms with Gasteiger partial charge in [0, 0.05) is 50.3 Å². The summed E-state index contributed by atoms with van der Waals surface area (Å²) in [5.41, 5.74) is 10.9. The lowest BCUT2D eigenvalue weighted by Gasteiger charge is -2.22. The van der Waals surface area contributed by atoms with Crippen LogP contribution in [0.15, 0.2) is 47.0 Å². The third-order valence-corrected chi connectivity index (χ3v) is 5.92. The van der Waals surface area contributed by atoms with Gasteiger partial charge in [-0.2, -0.15) is 0 Å². The molecule has 0 radical (unpaired) electrons. The van der Waals surface area contributed by atoms with Crippen molar-refractivity contribution in [2.75, 3.05) is 32.1 Å². The van der Waals surface area contributed by atoms with E-state index in [2.05, 4.69) is 24.2 Å². The van der Waals surface area contributed by atoms with E-state index in [-0.39, 0.29) is 11.9 Å². The number of aldehydes is 1. The molecule has 1 aliphatic heterocycles. The normalized spacial score (nSPS) is 12.6. The van der Waals surface area contributed by atoms with Crippen molar-refractivity contribution < 1.29 is 14.4 Å². The highest BCUT2D eigenvalue weighted by Crippen LogP contribution is 2.34. The molecule has 184 valence electrons. The Labute approximate surface area is 206 Å². The number of hydrogen-bond acceptors (Lipinski definition) is 5. The molecule has 8 heteroatoms. The number of nitrogens with zero attached hydrogens (tertiary/aromatic N) is 3. The second-order valence-electron chi connectivity index (χ2n) is 8.52. The van der Waals surface area contributed by atoms with Gasteiger partial charge in [-0.15, -0.1) is 0 Å². The van der Waals surface area contributed by atoms with Crippen LogP contribution in [-0.2, 0) is 4.79 Å². The Morgan fingerprint density at radius 2 is 1.74 bits per heavy atom. The van der Waals surface area contributed by atoms with Crippen LogP contribution < -0.4 is 16.0 Å². The van der Waals surface area contributed by atoms with E-state index >= 15 is 0 Å². The summed E-state index contributed by atoms with van der Waals surface area (Å²) in [6.07, 6.45) is 4.68. The average Bonchev–Trinajstić information content (AvgIpc) is 3.04. The first-order valence-corrected chi connectivity index (χ1v) is 11.8. The predicted molar refractivity (Wildman–Crippen MR) is 141 cm³/mol. The Bertz CT molecular complexity index is 1180. The van der Waals surface area contributed by atoms with Gasteiger partial charge in [-0.25, -0.2) is 9.79 Å². The zero-order chi connectivity index (χ0) is 25.5. The van der Waals surface area contributed by atoms with Crippen molar-refractivity contribution in [3.63, 3.8) is 0 Å². The minimum atomic E-state index is -0.327. The summed E-state index contributed by atoms with van der Waals surface area (Å²) < 4.78 is 0. The number of carbonyl (C=O) groups is 3. The molecule has 0 saturated carbocycles. The summed E-state index contributed by atoms with van der Waals surface area (Å²) in [6, 6.07) is 10.7. The van der Waals surface area contributed by atoms with Crippen LogP contribution in [-0.4, -0.2) is 56.1 Å². The molecular formula is C27H33N5O3. The Balaban J connectivity index is 2.01. The summed E-state index contributed by atoms with van der Waals surface area (Å²) in [5, 5.41) is 2.57. The van der Waals surface area contributed by atoms with Gasteiger partial charge in [0.1, 0.15) is 5.84 Å². The van der Waals surface area contributed by atoms with Crippen molar-refractivity contribution >= 4 is 41.5 Å².